The number of urea groups is 1. The molecular weight excluding hydrogens is 501 g/mol. The maximum absolute atomic E-state index is 13.2. The van der Waals surface area contributed by atoms with Crippen LogP contribution in [0, 0.1) is 6.92 Å². The number of nitrogens with two attached hydrogens (primary N) is 1. The number of halogens is 3. The first-order valence-electron chi connectivity index (χ1n) is 10.3. The minimum absolute atomic E-state index is 0.0473. The number of rotatable bonds is 6. The summed E-state index contributed by atoms with van der Waals surface area (Å²) in [5.74, 6) is -0.875. The smallest absolute Gasteiger partial charge is 0.351 e. The molecule has 36 heavy (non-hydrogen) atoms. The Balaban J connectivity index is 2.02. The Morgan fingerprint density at radius 1 is 1.06 bits per heavy atom. The van der Waals surface area contributed by atoms with Crippen molar-refractivity contribution in [1.82, 2.24) is 9.88 Å². The average molecular weight is 523 g/mol. The average Bonchev–Trinajstić information content (AvgIpc) is 2.78. The van der Waals surface area contributed by atoms with Crippen LogP contribution < -0.4 is 21.9 Å². The SMILES string of the molecule is Cc1c(NC(N)=O)cc(C(=O)NCc2ccc(S(C)(=O)=O)cc2)c(=O)n1-c1cccc(C(F)(F)F)c1. The lowest BCUT2D eigenvalue weighted by Crippen LogP contribution is -2.34. The number of carbonyl (C=O) groups excluding carboxylic acids is 2. The van der Waals surface area contributed by atoms with E-state index in [9.17, 15) is 36.0 Å². The van der Waals surface area contributed by atoms with Gasteiger partial charge in [-0.2, -0.15) is 13.2 Å². The van der Waals surface area contributed by atoms with Gasteiger partial charge in [-0.1, -0.05) is 18.2 Å². The van der Waals surface area contributed by atoms with Gasteiger partial charge in [0.2, 0.25) is 0 Å². The van der Waals surface area contributed by atoms with Crippen LogP contribution in [-0.4, -0.2) is 31.2 Å². The van der Waals surface area contributed by atoms with Crippen molar-refractivity contribution in [2.75, 3.05) is 11.6 Å². The van der Waals surface area contributed by atoms with Crippen molar-refractivity contribution >= 4 is 27.5 Å². The lowest BCUT2D eigenvalue weighted by atomic mass is 10.1. The molecule has 3 rings (SSSR count). The van der Waals surface area contributed by atoms with Crippen molar-refractivity contribution in [1.29, 1.82) is 0 Å². The van der Waals surface area contributed by atoms with Gasteiger partial charge in [0.25, 0.3) is 11.5 Å². The Bertz CT molecular complexity index is 1500. The van der Waals surface area contributed by atoms with E-state index in [1.165, 1.54) is 37.3 Å². The van der Waals surface area contributed by atoms with Crippen LogP contribution in [0.3, 0.4) is 0 Å². The minimum Gasteiger partial charge on any atom is -0.351 e. The number of carbonyl (C=O) groups is 2. The molecule has 3 aromatic rings. The molecule has 0 aliphatic rings. The van der Waals surface area contributed by atoms with Gasteiger partial charge in [-0.3, -0.25) is 14.2 Å². The number of amides is 3. The molecule has 9 nitrogen and oxygen atoms in total. The topological polar surface area (TPSA) is 140 Å². The molecule has 0 aliphatic heterocycles. The molecule has 0 atom stereocenters. The highest BCUT2D eigenvalue weighted by atomic mass is 32.2. The van der Waals surface area contributed by atoms with E-state index in [4.69, 9.17) is 5.73 Å². The molecule has 0 saturated carbocycles. The second-order valence-corrected chi connectivity index (χ2v) is 9.85. The number of sulfone groups is 1. The fourth-order valence-electron chi connectivity index (χ4n) is 3.39. The highest BCUT2D eigenvalue weighted by Crippen LogP contribution is 2.30. The third kappa shape index (κ3) is 5.92. The van der Waals surface area contributed by atoms with E-state index in [0.717, 1.165) is 35.1 Å². The van der Waals surface area contributed by atoms with Crippen molar-refractivity contribution < 1.29 is 31.2 Å². The van der Waals surface area contributed by atoms with Gasteiger partial charge in [0.15, 0.2) is 9.84 Å². The van der Waals surface area contributed by atoms with Gasteiger partial charge in [-0.15, -0.1) is 0 Å². The standard InChI is InChI=1S/C23H21F3N4O5S/c1-13-19(29-22(27)33)11-18(20(31)28-12-14-6-8-17(9-7-14)36(2,34)35)21(32)30(13)16-5-3-4-15(10-16)23(24,25)26/h3-11H,12H2,1-2H3,(H,28,31)(H3,27,29,33). The molecule has 0 radical (unpaired) electrons. The molecule has 0 saturated heterocycles. The first kappa shape index (κ1) is 26.5. The van der Waals surface area contributed by atoms with Crippen LogP contribution in [0.25, 0.3) is 5.69 Å². The molecule has 0 unspecified atom stereocenters. The van der Waals surface area contributed by atoms with Crippen LogP contribution in [0.2, 0.25) is 0 Å². The third-order valence-electron chi connectivity index (χ3n) is 5.19. The normalized spacial score (nSPS) is 11.7. The Hall–Kier alpha value is -4.13. The van der Waals surface area contributed by atoms with E-state index in [2.05, 4.69) is 10.6 Å². The number of hydrogen-bond acceptors (Lipinski definition) is 5. The van der Waals surface area contributed by atoms with Gasteiger partial charge in [-0.25, -0.2) is 13.2 Å². The van der Waals surface area contributed by atoms with E-state index in [0.29, 0.717) is 5.56 Å². The molecule has 13 heteroatoms. The summed E-state index contributed by atoms with van der Waals surface area (Å²) in [4.78, 5) is 37.6. The van der Waals surface area contributed by atoms with Crippen molar-refractivity contribution in [3.05, 3.63) is 87.3 Å². The molecule has 2 aromatic carbocycles. The minimum atomic E-state index is -4.68. The Labute approximate surface area is 203 Å². The summed E-state index contributed by atoms with van der Waals surface area (Å²) in [5.41, 5.74) is 3.12. The lowest BCUT2D eigenvalue weighted by Gasteiger charge is -2.18. The first-order chi connectivity index (χ1) is 16.7. The molecule has 4 N–H and O–H groups in total. The summed E-state index contributed by atoms with van der Waals surface area (Å²) in [6.07, 6.45) is -3.63. The fourth-order valence-corrected chi connectivity index (χ4v) is 4.02. The number of hydrogen-bond donors (Lipinski definition) is 3. The van der Waals surface area contributed by atoms with Gasteiger partial charge >= 0.3 is 12.2 Å². The van der Waals surface area contributed by atoms with Crippen LogP contribution in [0.15, 0.2) is 64.3 Å². The van der Waals surface area contributed by atoms with E-state index < -0.39 is 44.6 Å². The monoisotopic (exact) mass is 522 g/mol. The summed E-state index contributed by atoms with van der Waals surface area (Å²) >= 11 is 0. The molecule has 1 heterocycles. The highest BCUT2D eigenvalue weighted by Gasteiger charge is 2.31. The van der Waals surface area contributed by atoms with E-state index in [1.54, 1.807) is 0 Å². The number of benzene rings is 2. The molecule has 0 aliphatic carbocycles. The zero-order chi connectivity index (χ0) is 26.8. The molecule has 1 aromatic heterocycles. The van der Waals surface area contributed by atoms with Gasteiger partial charge in [0, 0.05) is 24.2 Å². The Morgan fingerprint density at radius 3 is 2.25 bits per heavy atom. The number of alkyl halides is 3. The Morgan fingerprint density at radius 2 is 1.69 bits per heavy atom. The highest BCUT2D eigenvalue weighted by molar-refractivity contribution is 7.90. The second-order valence-electron chi connectivity index (χ2n) is 7.83. The summed E-state index contributed by atoms with van der Waals surface area (Å²) in [5, 5.41) is 4.77. The van der Waals surface area contributed by atoms with Gasteiger partial charge in [0.1, 0.15) is 5.56 Å². The maximum Gasteiger partial charge on any atom is 0.416 e. The summed E-state index contributed by atoms with van der Waals surface area (Å²) < 4.78 is 63.8. The summed E-state index contributed by atoms with van der Waals surface area (Å²) in [6, 6.07) is 9.68. The molecule has 0 bridgehead atoms. The quantitative estimate of drug-likeness (QED) is 0.457. The predicted molar refractivity (Wildman–Crippen MR) is 126 cm³/mol. The van der Waals surface area contributed by atoms with Crippen LogP contribution in [0.4, 0.5) is 23.7 Å². The lowest BCUT2D eigenvalue weighted by molar-refractivity contribution is -0.137. The summed E-state index contributed by atoms with van der Waals surface area (Å²) in [6.45, 7) is 1.29. The van der Waals surface area contributed by atoms with E-state index in [1.807, 2.05) is 0 Å². The zero-order valence-electron chi connectivity index (χ0n) is 19.0. The first-order valence-corrected chi connectivity index (χ1v) is 12.2. The molecule has 0 spiro atoms. The molecule has 3 amide bonds. The van der Waals surface area contributed by atoms with Gasteiger partial charge in [-0.05, 0) is 48.9 Å². The zero-order valence-corrected chi connectivity index (χ0v) is 19.8. The van der Waals surface area contributed by atoms with Crippen LogP contribution >= 0.6 is 0 Å². The van der Waals surface area contributed by atoms with Crippen molar-refractivity contribution in [3.8, 4) is 5.69 Å². The maximum atomic E-state index is 13.2. The van der Waals surface area contributed by atoms with Gasteiger partial charge in [0.05, 0.1) is 16.1 Å². The van der Waals surface area contributed by atoms with Crippen molar-refractivity contribution in [2.45, 2.75) is 24.5 Å². The number of nitrogens with zero attached hydrogens (tertiary/aromatic N) is 1. The number of nitrogens with one attached hydrogen (secondary N) is 2. The number of pyridine rings is 1. The van der Waals surface area contributed by atoms with Crippen molar-refractivity contribution in [3.63, 3.8) is 0 Å². The summed E-state index contributed by atoms with van der Waals surface area (Å²) in [7, 11) is -3.41. The second kappa shape index (κ2) is 9.85. The molecule has 0 fully saturated rings. The van der Waals surface area contributed by atoms with Crippen LogP contribution in [0.5, 0.6) is 0 Å². The van der Waals surface area contributed by atoms with Crippen LogP contribution in [-0.2, 0) is 22.6 Å². The molecule has 190 valence electrons. The van der Waals surface area contributed by atoms with Crippen molar-refractivity contribution in [2.24, 2.45) is 5.73 Å². The van der Waals surface area contributed by atoms with E-state index >= 15 is 0 Å². The van der Waals surface area contributed by atoms with Crippen LogP contribution in [0.1, 0.15) is 27.2 Å². The van der Waals surface area contributed by atoms with Gasteiger partial charge < -0.3 is 16.4 Å². The fraction of sp³-hybridized carbons (Fsp3) is 0.174. The largest absolute Gasteiger partial charge is 0.416 e. The molecular formula is C23H21F3N4O5S. The number of anilines is 1. The Kier molecular flexibility index (Phi) is 7.25. The third-order valence-corrected chi connectivity index (χ3v) is 6.31. The number of primary amides is 1. The number of aromatic nitrogens is 1. The predicted octanol–water partition coefficient (Wildman–Crippen LogP) is 2.99. The van der Waals surface area contributed by atoms with E-state index in [-0.39, 0.29) is 28.5 Å².